The fourth-order valence-electron chi connectivity index (χ4n) is 2.80. The third-order valence-corrected chi connectivity index (χ3v) is 4.96. The minimum Gasteiger partial charge on any atom is -0.339 e. The highest BCUT2D eigenvalue weighted by molar-refractivity contribution is 7.07. The lowest BCUT2D eigenvalue weighted by molar-refractivity contribution is 0.0699. The molecule has 1 amide bonds. The van der Waals surface area contributed by atoms with Crippen molar-refractivity contribution in [3.05, 3.63) is 22.3 Å². The maximum Gasteiger partial charge on any atom is 0.267 e. The van der Waals surface area contributed by atoms with Crippen molar-refractivity contribution in [2.75, 3.05) is 13.1 Å². The predicted octanol–water partition coefficient (Wildman–Crippen LogP) is 2.59. The van der Waals surface area contributed by atoms with E-state index in [0.29, 0.717) is 23.0 Å². The highest BCUT2D eigenvalue weighted by Gasteiger charge is 2.30. The lowest BCUT2D eigenvalue weighted by Crippen LogP contribution is -2.39. The van der Waals surface area contributed by atoms with E-state index in [-0.39, 0.29) is 11.8 Å². The van der Waals surface area contributed by atoms with Crippen LogP contribution < -0.4 is 0 Å². The molecule has 2 aromatic rings. The Bertz CT molecular complexity index is 668. The molecule has 3 rings (SSSR count). The van der Waals surface area contributed by atoms with Crippen LogP contribution in [-0.4, -0.2) is 43.6 Å². The molecule has 23 heavy (non-hydrogen) atoms. The SMILES string of the molecule is CCCCc1noc(C2CCCN(C(=O)c3snnc3C)C2)n1. The van der Waals surface area contributed by atoms with E-state index in [2.05, 4.69) is 26.7 Å². The van der Waals surface area contributed by atoms with Gasteiger partial charge in [-0.25, -0.2) is 0 Å². The van der Waals surface area contributed by atoms with E-state index in [0.717, 1.165) is 56.0 Å². The van der Waals surface area contributed by atoms with Gasteiger partial charge in [0.05, 0.1) is 11.6 Å². The van der Waals surface area contributed by atoms with Gasteiger partial charge in [-0.1, -0.05) is 23.0 Å². The van der Waals surface area contributed by atoms with Gasteiger partial charge >= 0.3 is 0 Å². The number of likely N-dealkylation sites (tertiary alicyclic amines) is 1. The van der Waals surface area contributed by atoms with Gasteiger partial charge < -0.3 is 9.42 Å². The fraction of sp³-hybridized carbons (Fsp3) is 0.667. The first-order chi connectivity index (χ1) is 11.2. The van der Waals surface area contributed by atoms with E-state index in [4.69, 9.17) is 4.52 Å². The van der Waals surface area contributed by atoms with Gasteiger partial charge in [0.1, 0.15) is 4.88 Å². The normalized spacial score (nSPS) is 18.3. The van der Waals surface area contributed by atoms with Crippen molar-refractivity contribution in [1.82, 2.24) is 24.6 Å². The van der Waals surface area contributed by atoms with Crippen LogP contribution in [0.5, 0.6) is 0 Å². The van der Waals surface area contributed by atoms with Gasteiger partial charge in [0.2, 0.25) is 5.89 Å². The average molecular weight is 335 g/mol. The number of hydrogen-bond donors (Lipinski definition) is 0. The molecule has 3 heterocycles. The van der Waals surface area contributed by atoms with Gasteiger partial charge in [-0.3, -0.25) is 4.79 Å². The quantitative estimate of drug-likeness (QED) is 0.835. The van der Waals surface area contributed by atoms with Gasteiger partial charge in [-0.2, -0.15) is 4.98 Å². The van der Waals surface area contributed by atoms with Gasteiger partial charge in [0, 0.05) is 19.5 Å². The van der Waals surface area contributed by atoms with Crippen molar-refractivity contribution in [2.24, 2.45) is 0 Å². The van der Waals surface area contributed by atoms with Crippen LogP contribution in [0.4, 0.5) is 0 Å². The lowest BCUT2D eigenvalue weighted by Gasteiger charge is -2.30. The van der Waals surface area contributed by atoms with Gasteiger partial charge in [0.15, 0.2) is 5.82 Å². The predicted molar refractivity (Wildman–Crippen MR) is 85.4 cm³/mol. The summed E-state index contributed by atoms with van der Waals surface area (Å²) in [4.78, 5) is 19.6. The molecule has 0 spiro atoms. The van der Waals surface area contributed by atoms with Gasteiger partial charge in [-0.15, -0.1) is 5.10 Å². The van der Waals surface area contributed by atoms with Crippen molar-refractivity contribution in [3.63, 3.8) is 0 Å². The Kier molecular flexibility index (Phi) is 5.00. The lowest BCUT2D eigenvalue weighted by atomic mass is 9.97. The molecule has 1 unspecified atom stereocenters. The van der Waals surface area contributed by atoms with Crippen LogP contribution in [0.15, 0.2) is 4.52 Å². The summed E-state index contributed by atoms with van der Waals surface area (Å²) < 4.78 is 9.27. The molecule has 0 saturated carbocycles. The van der Waals surface area contributed by atoms with E-state index in [9.17, 15) is 4.79 Å². The Hall–Kier alpha value is -1.83. The summed E-state index contributed by atoms with van der Waals surface area (Å²) in [6, 6.07) is 0. The van der Waals surface area contributed by atoms with Crippen LogP contribution in [0.1, 0.15) is 65.6 Å². The van der Waals surface area contributed by atoms with E-state index in [1.165, 1.54) is 0 Å². The molecular formula is C15H21N5O2S. The summed E-state index contributed by atoms with van der Waals surface area (Å²) in [5.74, 6) is 1.56. The smallest absolute Gasteiger partial charge is 0.267 e. The monoisotopic (exact) mass is 335 g/mol. The number of aryl methyl sites for hydroxylation is 2. The second-order valence-corrected chi connectivity index (χ2v) is 6.68. The van der Waals surface area contributed by atoms with Gasteiger partial charge in [-0.05, 0) is 37.7 Å². The summed E-state index contributed by atoms with van der Waals surface area (Å²) in [6.45, 7) is 5.33. The first-order valence-electron chi connectivity index (χ1n) is 8.09. The molecule has 1 fully saturated rings. The molecule has 8 heteroatoms. The number of hydrogen-bond acceptors (Lipinski definition) is 7. The zero-order valence-electron chi connectivity index (χ0n) is 13.5. The second-order valence-electron chi connectivity index (χ2n) is 5.93. The number of carbonyl (C=O) groups is 1. The Morgan fingerprint density at radius 2 is 2.35 bits per heavy atom. The fourth-order valence-corrected chi connectivity index (χ4v) is 3.43. The van der Waals surface area contributed by atoms with Crippen molar-refractivity contribution >= 4 is 17.4 Å². The summed E-state index contributed by atoms with van der Waals surface area (Å²) in [6.07, 6.45) is 4.93. The minimum atomic E-state index is 0.00733. The molecule has 1 aliphatic rings. The highest BCUT2D eigenvalue weighted by atomic mass is 32.1. The number of aromatic nitrogens is 4. The Balaban J connectivity index is 1.67. The van der Waals surface area contributed by atoms with Crippen LogP contribution in [0.2, 0.25) is 0 Å². The van der Waals surface area contributed by atoms with E-state index in [1.54, 1.807) is 0 Å². The van der Waals surface area contributed by atoms with Crippen molar-refractivity contribution < 1.29 is 9.32 Å². The Labute approximate surface area is 139 Å². The van der Waals surface area contributed by atoms with Crippen LogP contribution in [0.25, 0.3) is 0 Å². The third kappa shape index (κ3) is 3.57. The standard InChI is InChI=1S/C15H21N5O2S/c1-3-4-7-12-16-14(22-18-12)11-6-5-8-20(9-11)15(21)13-10(2)17-19-23-13/h11H,3-9H2,1-2H3. The molecule has 1 aliphatic heterocycles. The van der Waals surface area contributed by atoms with Crippen molar-refractivity contribution in [2.45, 2.75) is 51.9 Å². The number of nitrogens with zero attached hydrogens (tertiary/aromatic N) is 5. The zero-order valence-corrected chi connectivity index (χ0v) is 14.3. The molecule has 1 saturated heterocycles. The molecule has 2 aromatic heterocycles. The molecule has 0 aromatic carbocycles. The maximum absolute atomic E-state index is 12.6. The largest absolute Gasteiger partial charge is 0.339 e. The number of unbranched alkanes of at least 4 members (excludes halogenated alkanes) is 1. The zero-order chi connectivity index (χ0) is 16.2. The molecule has 0 N–H and O–H groups in total. The Morgan fingerprint density at radius 3 is 3.09 bits per heavy atom. The summed E-state index contributed by atoms with van der Waals surface area (Å²) in [5, 5.41) is 7.98. The Morgan fingerprint density at radius 1 is 1.48 bits per heavy atom. The van der Waals surface area contributed by atoms with Crippen molar-refractivity contribution in [3.8, 4) is 0 Å². The van der Waals surface area contributed by atoms with E-state index < -0.39 is 0 Å². The average Bonchev–Trinajstić information content (AvgIpc) is 3.21. The maximum atomic E-state index is 12.6. The first kappa shape index (κ1) is 16.0. The second kappa shape index (κ2) is 7.16. The van der Waals surface area contributed by atoms with E-state index in [1.807, 2.05) is 11.8 Å². The molecule has 0 aliphatic carbocycles. The number of rotatable bonds is 5. The third-order valence-electron chi connectivity index (χ3n) is 4.14. The van der Waals surface area contributed by atoms with Gasteiger partial charge in [0.25, 0.3) is 5.91 Å². The van der Waals surface area contributed by atoms with Crippen molar-refractivity contribution in [1.29, 1.82) is 0 Å². The minimum absolute atomic E-state index is 0.00733. The number of amides is 1. The first-order valence-corrected chi connectivity index (χ1v) is 8.87. The summed E-state index contributed by atoms with van der Waals surface area (Å²) in [5.41, 5.74) is 0.696. The number of piperidine rings is 1. The molecular weight excluding hydrogens is 314 g/mol. The van der Waals surface area contributed by atoms with Crippen LogP contribution >= 0.6 is 11.5 Å². The molecule has 0 bridgehead atoms. The molecule has 124 valence electrons. The molecule has 7 nitrogen and oxygen atoms in total. The van der Waals surface area contributed by atoms with Crippen LogP contribution in [-0.2, 0) is 6.42 Å². The van der Waals surface area contributed by atoms with Crippen LogP contribution in [0, 0.1) is 6.92 Å². The van der Waals surface area contributed by atoms with Crippen LogP contribution in [0.3, 0.4) is 0 Å². The topological polar surface area (TPSA) is 85.0 Å². The summed E-state index contributed by atoms with van der Waals surface area (Å²) in [7, 11) is 0. The highest BCUT2D eigenvalue weighted by Crippen LogP contribution is 2.27. The van der Waals surface area contributed by atoms with E-state index >= 15 is 0 Å². The number of carbonyl (C=O) groups excluding carboxylic acids is 1. The molecule has 0 radical (unpaired) electrons. The summed E-state index contributed by atoms with van der Waals surface area (Å²) >= 11 is 1.16. The molecule has 1 atom stereocenters.